The first-order valence-electron chi connectivity index (χ1n) is 7.21. The van der Waals surface area contributed by atoms with Gasteiger partial charge in [0.25, 0.3) is 11.8 Å². The minimum absolute atomic E-state index is 0.218. The minimum Gasteiger partial charge on any atom is -0.452 e. The molecule has 0 aliphatic carbocycles. The van der Waals surface area contributed by atoms with E-state index in [1.165, 1.54) is 12.2 Å². The third-order valence-corrected chi connectivity index (χ3v) is 2.63. The lowest BCUT2D eigenvalue weighted by molar-refractivity contribution is -0.142. The first-order valence-corrected chi connectivity index (χ1v) is 7.21. The van der Waals surface area contributed by atoms with Gasteiger partial charge in [0.15, 0.2) is 6.61 Å². The molecule has 122 valence electrons. The number of ether oxygens (including phenoxy) is 1. The summed E-state index contributed by atoms with van der Waals surface area (Å²) >= 11 is 0. The van der Waals surface area contributed by atoms with Crippen LogP contribution in [0.2, 0.25) is 0 Å². The molecule has 6 nitrogen and oxygen atoms in total. The average molecular weight is 316 g/mol. The largest absolute Gasteiger partial charge is 0.452 e. The van der Waals surface area contributed by atoms with Gasteiger partial charge in [0.2, 0.25) is 0 Å². The van der Waals surface area contributed by atoms with Crippen molar-refractivity contribution >= 4 is 23.5 Å². The van der Waals surface area contributed by atoms with E-state index in [1.807, 2.05) is 13.8 Å². The van der Waals surface area contributed by atoms with Crippen LogP contribution in [0.5, 0.6) is 0 Å². The summed E-state index contributed by atoms with van der Waals surface area (Å²) in [6.07, 6.45) is 6.19. The standard InChI is InChI=1S/C17H20N2O4/c1-3-5-6-10-16(21)23-12-15(20)19-14-9-7-8-13(11-14)17(22)18-4-2/h3,5-11H,4,12H2,1-2H3,(H,18,22)(H,19,20)/b5-3+,10-6+. The van der Waals surface area contributed by atoms with Gasteiger partial charge in [-0.15, -0.1) is 0 Å². The third kappa shape index (κ3) is 7.08. The van der Waals surface area contributed by atoms with E-state index in [0.717, 1.165) is 0 Å². The Hall–Kier alpha value is -2.89. The highest BCUT2D eigenvalue weighted by atomic mass is 16.5. The lowest BCUT2D eigenvalue weighted by Gasteiger charge is -2.07. The number of nitrogens with one attached hydrogen (secondary N) is 2. The highest BCUT2D eigenvalue weighted by Crippen LogP contribution is 2.10. The minimum atomic E-state index is -0.602. The second-order valence-corrected chi connectivity index (χ2v) is 4.48. The van der Waals surface area contributed by atoms with Gasteiger partial charge < -0.3 is 15.4 Å². The van der Waals surface area contributed by atoms with E-state index in [2.05, 4.69) is 10.6 Å². The molecule has 0 atom stereocenters. The Labute approximate surface area is 135 Å². The molecule has 0 saturated carbocycles. The molecule has 1 aromatic rings. The zero-order valence-corrected chi connectivity index (χ0v) is 13.2. The maximum Gasteiger partial charge on any atom is 0.331 e. The van der Waals surface area contributed by atoms with Crippen LogP contribution in [0.4, 0.5) is 5.69 Å². The van der Waals surface area contributed by atoms with Crippen LogP contribution in [0.3, 0.4) is 0 Å². The second kappa shape index (κ2) is 9.94. The monoisotopic (exact) mass is 316 g/mol. The van der Waals surface area contributed by atoms with Crippen LogP contribution in [-0.4, -0.2) is 30.9 Å². The number of hydrogen-bond acceptors (Lipinski definition) is 4. The van der Waals surface area contributed by atoms with Crippen molar-refractivity contribution in [2.24, 2.45) is 0 Å². The van der Waals surface area contributed by atoms with Gasteiger partial charge in [-0.3, -0.25) is 9.59 Å². The predicted molar refractivity (Wildman–Crippen MR) is 88.0 cm³/mol. The SMILES string of the molecule is C/C=C/C=C/C(=O)OCC(=O)Nc1cccc(C(=O)NCC)c1. The van der Waals surface area contributed by atoms with Crippen molar-refractivity contribution in [2.45, 2.75) is 13.8 Å². The number of benzene rings is 1. The van der Waals surface area contributed by atoms with Gasteiger partial charge in [0.1, 0.15) is 0 Å². The Kier molecular flexibility index (Phi) is 7.85. The lowest BCUT2D eigenvalue weighted by atomic mass is 10.2. The number of anilines is 1. The summed E-state index contributed by atoms with van der Waals surface area (Å²) in [6.45, 7) is 3.76. The summed E-state index contributed by atoms with van der Waals surface area (Å²) in [4.78, 5) is 34.8. The van der Waals surface area contributed by atoms with Gasteiger partial charge in [0.05, 0.1) is 0 Å². The maximum atomic E-state index is 11.7. The molecule has 0 unspecified atom stereocenters. The van der Waals surface area contributed by atoms with Crippen molar-refractivity contribution < 1.29 is 19.1 Å². The van der Waals surface area contributed by atoms with E-state index in [4.69, 9.17) is 4.74 Å². The van der Waals surface area contributed by atoms with Crippen molar-refractivity contribution in [1.82, 2.24) is 5.32 Å². The number of rotatable bonds is 7. The number of allylic oxidation sites excluding steroid dienone is 3. The van der Waals surface area contributed by atoms with Crippen LogP contribution in [0.1, 0.15) is 24.2 Å². The maximum absolute atomic E-state index is 11.7. The Morgan fingerprint density at radius 1 is 1.22 bits per heavy atom. The van der Waals surface area contributed by atoms with Crippen molar-refractivity contribution in [3.8, 4) is 0 Å². The van der Waals surface area contributed by atoms with E-state index < -0.39 is 18.5 Å². The summed E-state index contributed by atoms with van der Waals surface area (Å²) in [5.74, 6) is -1.30. The molecule has 0 heterocycles. The third-order valence-electron chi connectivity index (χ3n) is 2.63. The predicted octanol–water partition coefficient (Wildman–Crippen LogP) is 2.05. The molecule has 23 heavy (non-hydrogen) atoms. The van der Waals surface area contributed by atoms with Crippen molar-refractivity contribution in [2.75, 3.05) is 18.5 Å². The second-order valence-electron chi connectivity index (χ2n) is 4.48. The van der Waals surface area contributed by atoms with Crippen LogP contribution >= 0.6 is 0 Å². The van der Waals surface area contributed by atoms with E-state index in [0.29, 0.717) is 17.8 Å². The number of amides is 2. The van der Waals surface area contributed by atoms with Crippen molar-refractivity contribution in [3.63, 3.8) is 0 Å². The van der Waals surface area contributed by atoms with Crippen molar-refractivity contribution in [1.29, 1.82) is 0 Å². The van der Waals surface area contributed by atoms with Crippen LogP contribution in [0.25, 0.3) is 0 Å². The molecule has 0 radical (unpaired) electrons. The fourth-order valence-electron chi connectivity index (χ4n) is 1.63. The fourth-order valence-corrected chi connectivity index (χ4v) is 1.63. The summed E-state index contributed by atoms with van der Waals surface area (Å²) in [5.41, 5.74) is 0.898. The molecule has 1 aromatic carbocycles. The molecule has 2 amide bonds. The van der Waals surface area contributed by atoms with Gasteiger partial charge in [-0.1, -0.05) is 24.3 Å². The summed E-state index contributed by atoms with van der Waals surface area (Å²) < 4.78 is 4.79. The molecule has 0 saturated heterocycles. The normalized spacial score (nSPS) is 10.7. The van der Waals surface area contributed by atoms with Crippen LogP contribution in [0, 0.1) is 0 Å². The summed E-state index contributed by atoms with van der Waals surface area (Å²) in [6, 6.07) is 6.50. The van der Waals surface area contributed by atoms with Crippen LogP contribution < -0.4 is 10.6 Å². The smallest absolute Gasteiger partial charge is 0.331 e. The number of esters is 1. The Morgan fingerprint density at radius 3 is 2.70 bits per heavy atom. The molecule has 0 aliphatic rings. The quantitative estimate of drug-likeness (QED) is 0.458. The zero-order valence-electron chi connectivity index (χ0n) is 13.2. The molecular formula is C17H20N2O4. The fraction of sp³-hybridized carbons (Fsp3) is 0.235. The summed E-state index contributed by atoms with van der Waals surface area (Å²) in [7, 11) is 0. The highest BCUT2D eigenvalue weighted by molar-refractivity contribution is 5.98. The number of carbonyl (C=O) groups is 3. The van der Waals surface area contributed by atoms with E-state index in [9.17, 15) is 14.4 Å². The molecule has 0 bridgehead atoms. The number of carbonyl (C=O) groups excluding carboxylic acids is 3. The molecule has 1 rings (SSSR count). The summed E-state index contributed by atoms with van der Waals surface area (Å²) in [5, 5.41) is 5.24. The zero-order chi connectivity index (χ0) is 17.1. The van der Waals surface area contributed by atoms with Crippen molar-refractivity contribution in [3.05, 3.63) is 54.1 Å². The first-order chi connectivity index (χ1) is 11.1. The van der Waals surface area contributed by atoms with E-state index in [1.54, 1.807) is 36.4 Å². The highest BCUT2D eigenvalue weighted by Gasteiger charge is 2.08. The van der Waals surface area contributed by atoms with Gasteiger partial charge in [-0.25, -0.2) is 4.79 Å². The van der Waals surface area contributed by atoms with Gasteiger partial charge in [0, 0.05) is 23.9 Å². The van der Waals surface area contributed by atoms with Gasteiger partial charge in [-0.05, 0) is 32.0 Å². The van der Waals surface area contributed by atoms with Gasteiger partial charge >= 0.3 is 5.97 Å². The Bertz CT molecular complexity index is 621. The van der Waals surface area contributed by atoms with Crippen LogP contribution in [0.15, 0.2) is 48.6 Å². The molecule has 6 heteroatoms. The molecule has 0 fully saturated rings. The van der Waals surface area contributed by atoms with E-state index in [-0.39, 0.29) is 5.91 Å². The lowest BCUT2D eigenvalue weighted by Crippen LogP contribution is -2.23. The molecule has 0 spiro atoms. The average Bonchev–Trinajstić information content (AvgIpc) is 2.54. The van der Waals surface area contributed by atoms with Crippen LogP contribution in [-0.2, 0) is 14.3 Å². The number of hydrogen-bond donors (Lipinski definition) is 2. The molecule has 0 aliphatic heterocycles. The van der Waals surface area contributed by atoms with Gasteiger partial charge in [-0.2, -0.15) is 0 Å². The molecule has 0 aromatic heterocycles. The topological polar surface area (TPSA) is 84.5 Å². The molecule has 2 N–H and O–H groups in total. The van der Waals surface area contributed by atoms with E-state index >= 15 is 0 Å². The molecular weight excluding hydrogens is 296 g/mol. The first kappa shape index (κ1) is 18.2. The Balaban J connectivity index is 2.53. The Morgan fingerprint density at radius 2 is 2.00 bits per heavy atom.